The second-order valence-electron chi connectivity index (χ2n) is 6.47. The predicted molar refractivity (Wildman–Crippen MR) is 79.1 cm³/mol. The van der Waals surface area contributed by atoms with E-state index in [0.29, 0.717) is 18.8 Å². The molecule has 0 aromatic heterocycles. The van der Waals surface area contributed by atoms with Crippen molar-refractivity contribution in [3.8, 4) is 0 Å². The summed E-state index contributed by atoms with van der Waals surface area (Å²) in [5, 5.41) is 3.00. The average molecular weight is 280 g/mol. The van der Waals surface area contributed by atoms with Crippen molar-refractivity contribution in [3.63, 3.8) is 0 Å². The number of nitrogens with zero attached hydrogens (tertiary/aromatic N) is 1. The maximum atomic E-state index is 12.9. The van der Waals surface area contributed by atoms with Crippen molar-refractivity contribution >= 4 is 11.8 Å². The molecule has 2 fully saturated rings. The highest BCUT2D eigenvalue weighted by atomic mass is 16.2. The fourth-order valence-electron chi connectivity index (χ4n) is 3.24. The smallest absolute Gasteiger partial charge is 0.246 e. The Kier molecular flexibility index (Phi) is 4.40. The van der Waals surface area contributed by atoms with E-state index in [2.05, 4.69) is 12.2 Å². The van der Waals surface area contributed by atoms with Crippen LogP contribution in [0.1, 0.15) is 59.8 Å². The summed E-state index contributed by atoms with van der Waals surface area (Å²) in [5.74, 6) is 0.988. The Labute approximate surface area is 122 Å². The molecule has 2 rings (SSSR count). The molecule has 0 aromatic rings. The molecule has 0 spiro atoms. The molecule has 4 heteroatoms. The van der Waals surface area contributed by atoms with Crippen LogP contribution in [0, 0.1) is 11.8 Å². The van der Waals surface area contributed by atoms with Crippen LogP contribution >= 0.6 is 0 Å². The third-order valence-electron chi connectivity index (χ3n) is 5.28. The number of hydrogen-bond donors (Lipinski definition) is 1. The van der Waals surface area contributed by atoms with E-state index in [0.717, 1.165) is 13.0 Å². The molecule has 1 N–H and O–H groups in total. The highest BCUT2D eigenvalue weighted by Crippen LogP contribution is 2.37. The maximum Gasteiger partial charge on any atom is 0.246 e. The Bertz CT molecular complexity index is 386. The van der Waals surface area contributed by atoms with Crippen molar-refractivity contribution in [3.05, 3.63) is 0 Å². The van der Waals surface area contributed by atoms with Gasteiger partial charge < -0.3 is 10.2 Å². The zero-order valence-electron chi connectivity index (χ0n) is 13.2. The first-order chi connectivity index (χ1) is 9.50. The minimum absolute atomic E-state index is 0.0491. The van der Waals surface area contributed by atoms with Crippen LogP contribution in [0.3, 0.4) is 0 Å². The number of rotatable bonds is 6. The van der Waals surface area contributed by atoms with Gasteiger partial charge in [0.15, 0.2) is 0 Å². The quantitative estimate of drug-likeness (QED) is 0.812. The number of hydrogen-bond acceptors (Lipinski definition) is 2. The van der Waals surface area contributed by atoms with E-state index in [1.807, 2.05) is 25.7 Å². The molecular weight excluding hydrogens is 252 g/mol. The molecule has 2 amide bonds. The monoisotopic (exact) mass is 280 g/mol. The van der Waals surface area contributed by atoms with Gasteiger partial charge in [0, 0.05) is 6.54 Å². The Morgan fingerprint density at radius 3 is 2.30 bits per heavy atom. The molecule has 0 radical (unpaired) electrons. The van der Waals surface area contributed by atoms with Crippen LogP contribution in [-0.2, 0) is 9.59 Å². The van der Waals surface area contributed by atoms with Crippen LogP contribution in [0.25, 0.3) is 0 Å². The first-order valence-corrected chi connectivity index (χ1v) is 8.12. The van der Waals surface area contributed by atoms with E-state index in [1.165, 1.54) is 12.8 Å². The van der Waals surface area contributed by atoms with Crippen LogP contribution in [0.4, 0.5) is 0 Å². The molecule has 0 aromatic carbocycles. The summed E-state index contributed by atoms with van der Waals surface area (Å²) in [4.78, 5) is 27.5. The van der Waals surface area contributed by atoms with Crippen LogP contribution in [-0.4, -0.2) is 34.8 Å². The van der Waals surface area contributed by atoms with Crippen LogP contribution in [0.5, 0.6) is 0 Å². The van der Waals surface area contributed by atoms with E-state index in [-0.39, 0.29) is 23.8 Å². The molecule has 4 nitrogen and oxygen atoms in total. The molecule has 1 aliphatic heterocycles. The molecule has 1 saturated carbocycles. The van der Waals surface area contributed by atoms with Crippen LogP contribution < -0.4 is 5.32 Å². The molecule has 1 aliphatic carbocycles. The van der Waals surface area contributed by atoms with Gasteiger partial charge in [-0.3, -0.25) is 9.59 Å². The van der Waals surface area contributed by atoms with Crippen molar-refractivity contribution in [2.75, 3.05) is 6.54 Å². The SMILES string of the molecule is CCC(C)C1NC(=O)C(CC)(CC)N(CC2CC2)C1=O. The Hall–Kier alpha value is -1.06. The molecule has 1 heterocycles. The van der Waals surface area contributed by atoms with Gasteiger partial charge in [-0.05, 0) is 37.5 Å². The lowest BCUT2D eigenvalue weighted by Gasteiger charge is -2.49. The maximum absolute atomic E-state index is 12.9. The van der Waals surface area contributed by atoms with Crippen molar-refractivity contribution < 1.29 is 9.59 Å². The standard InChI is InChI=1S/C16H28N2O2/c1-5-11(4)13-14(19)18(10-12-8-9-12)16(6-2,7-3)15(20)17-13/h11-13H,5-10H2,1-4H3,(H,17,20). The van der Waals surface area contributed by atoms with Gasteiger partial charge in [0.2, 0.25) is 11.8 Å². The molecule has 0 bridgehead atoms. The Morgan fingerprint density at radius 2 is 1.85 bits per heavy atom. The van der Waals surface area contributed by atoms with Gasteiger partial charge in [-0.1, -0.05) is 34.1 Å². The number of carbonyl (C=O) groups excluding carboxylic acids is 2. The van der Waals surface area contributed by atoms with Gasteiger partial charge in [-0.15, -0.1) is 0 Å². The molecular formula is C16H28N2O2. The zero-order chi connectivity index (χ0) is 14.9. The van der Waals surface area contributed by atoms with Crippen LogP contribution in [0.15, 0.2) is 0 Å². The minimum atomic E-state index is -0.621. The third kappa shape index (κ3) is 2.45. The highest BCUT2D eigenvalue weighted by Gasteiger charge is 2.52. The average Bonchev–Trinajstić information content (AvgIpc) is 3.26. The number of piperazine rings is 1. The lowest BCUT2D eigenvalue weighted by Crippen LogP contribution is -2.71. The number of carbonyl (C=O) groups is 2. The second-order valence-corrected chi connectivity index (χ2v) is 6.47. The van der Waals surface area contributed by atoms with E-state index in [4.69, 9.17) is 0 Å². The van der Waals surface area contributed by atoms with Crippen LogP contribution in [0.2, 0.25) is 0 Å². The van der Waals surface area contributed by atoms with Crippen molar-refractivity contribution in [1.29, 1.82) is 0 Å². The van der Waals surface area contributed by atoms with Gasteiger partial charge in [0.25, 0.3) is 0 Å². The van der Waals surface area contributed by atoms with Crippen molar-refractivity contribution in [2.24, 2.45) is 11.8 Å². The zero-order valence-corrected chi connectivity index (χ0v) is 13.2. The molecule has 2 atom stereocenters. The summed E-state index contributed by atoms with van der Waals surface area (Å²) in [6.45, 7) is 8.90. The molecule has 114 valence electrons. The van der Waals surface area contributed by atoms with E-state index < -0.39 is 5.54 Å². The van der Waals surface area contributed by atoms with Gasteiger partial charge in [0.1, 0.15) is 11.6 Å². The summed E-state index contributed by atoms with van der Waals surface area (Å²) in [7, 11) is 0. The fraction of sp³-hybridized carbons (Fsp3) is 0.875. The number of nitrogens with one attached hydrogen (secondary N) is 1. The topological polar surface area (TPSA) is 49.4 Å². The summed E-state index contributed by atoms with van der Waals surface area (Å²) in [6.07, 6.45) is 4.69. The van der Waals surface area contributed by atoms with Crippen molar-refractivity contribution in [2.45, 2.75) is 71.4 Å². The second kappa shape index (κ2) is 5.74. The first kappa shape index (κ1) is 15.3. The predicted octanol–water partition coefficient (Wildman–Crippen LogP) is 2.33. The minimum Gasteiger partial charge on any atom is -0.342 e. The lowest BCUT2D eigenvalue weighted by atomic mass is 9.83. The third-order valence-corrected chi connectivity index (χ3v) is 5.28. The number of amides is 2. The highest BCUT2D eigenvalue weighted by molar-refractivity contribution is 6.00. The molecule has 20 heavy (non-hydrogen) atoms. The summed E-state index contributed by atoms with van der Waals surface area (Å²) >= 11 is 0. The summed E-state index contributed by atoms with van der Waals surface area (Å²) < 4.78 is 0. The molecule has 1 saturated heterocycles. The molecule has 2 aliphatic rings. The van der Waals surface area contributed by atoms with E-state index in [9.17, 15) is 9.59 Å². The van der Waals surface area contributed by atoms with Gasteiger partial charge in [-0.2, -0.15) is 0 Å². The largest absolute Gasteiger partial charge is 0.342 e. The fourth-order valence-corrected chi connectivity index (χ4v) is 3.24. The van der Waals surface area contributed by atoms with E-state index >= 15 is 0 Å². The van der Waals surface area contributed by atoms with Crippen molar-refractivity contribution in [1.82, 2.24) is 10.2 Å². The van der Waals surface area contributed by atoms with E-state index in [1.54, 1.807) is 0 Å². The Balaban J connectivity index is 2.30. The lowest BCUT2D eigenvalue weighted by molar-refractivity contribution is -0.160. The Morgan fingerprint density at radius 1 is 1.25 bits per heavy atom. The van der Waals surface area contributed by atoms with Gasteiger partial charge in [-0.25, -0.2) is 0 Å². The first-order valence-electron chi connectivity index (χ1n) is 8.12. The van der Waals surface area contributed by atoms with Gasteiger partial charge >= 0.3 is 0 Å². The molecule has 2 unspecified atom stereocenters. The normalized spacial score (nSPS) is 27.4. The summed E-state index contributed by atoms with van der Waals surface area (Å²) in [5.41, 5.74) is -0.621. The summed E-state index contributed by atoms with van der Waals surface area (Å²) in [6, 6.07) is -0.336. The van der Waals surface area contributed by atoms with Gasteiger partial charge in [0.05, 0.1) is 0 Å².